The Kier molecular flexibility index (Phi) is 4.77. The summed E-state index contributed by atoms with van der Waals surface area (Å²) < 4.78 is 0. The highest BCUT2D eigenvalue weighted by Crippen LogP contribution is 2.31. The third-order valence-corrected chi connectivity index (χ3v) is 4.16. The minimum absolute atomic E-state index is 0.0307. The van der Waals surface area contributed by atoms with E-state index in [9.17, 15) is 4.79 Å². The van der Waals surface area contributed by atoms with Crippen LogP contribution < -0.4 is 10.6 Å². The van der Waals surface area contributed by atoms with Crippen molar-refractivity contribution in [2.45, 2.75) is 44.1 Å². The van der Waals surface area contributed by atoms with Crippen LogP contribution >= 0.6 is 11.6 Å². The maximum absolute atomic E-state index is 12.1. The molecule has 0 saturated heterocycles. The number of pyridine rings is 1. The molecule has 19 heavy (non-hydrogen) atoms. The Labute approximate surface area is 118 Å². The summed E-state index contributed by atoms with van der Waals surface area (Å²) in [6.45, 7) is 0. The molecule has 1 heterocycles. The van der Waals surface area contributed by atoms with Crippen LogP contribution in [-0.2, 0) is 4.79 Å². The number of hydrogen-bond acceptors (Lipinski definition) is 3. The summed E-state index contributed by atoms with van der Waals surface area (Å²) in [6.07, 6.45) is 7.81. The van der Waals surface area contributed by atoms with E-state index in [1.807, 2.05) is 7.05 Å². The van der Waals surface area contributed by atoms with Gasteiger partial charge in [-0.3, -0.25) is 4.79 Å². The summed E-state index contributed by atoms with van der Waals surface area (Å²) in [6, 6.07) is 3.47. The van der Waals surface area contributed by atoms with E-state index in [-0.39, 0.29) is 11.4 Å². The lowest BCUT2D eigenvalue weighted by Crippen LogP contribution is -2.47. The highest BCUT2D eigenvalue weighted by atomic mass is 35.5. The second-order valence-electron chi connectivity index (χ2n) is 5.15. The van der Waals surface area contributed by atoms with Gasteiger partial charge in [0.2, 0.25) is 5.91 Å². The van der Waals surface area contributed by atoms with Crippen LogP contribution in [0.3, 0.4) is 0 Å². The smallest absolute Gasteiger partial charge is 0.227 e. The van der Waals surface area contributed by atoms with Gasteiger partial charge in [-0.2, -0.15) is 0 Å². The first-order chi connectivity index (χ1) is 9.15. The molecule has 1 saturated carbocycles. The Morgan fingerprint density at radius 1 is 1.42 bits per heavy atom. The number of carbonyl (C=O) groups is 1. The van der Waals surface area contributed by atoms with E-state index in [2.05, 4.69) is 15.6 Å². The number of aromatic nitrogens is 1. The van der Waals surface area contributed by atoms with Gasteiger partial charge in [0.1, 0.15) is 0 Å². The highest BCUT2D eigenvalue weighted by molar-refractivity contribution is 6.33. The first kappa shape index (κ1) is 14.3. The largest absolute Gasteiger partial charge is 0.314 e. The first-order valence-electron chi connectivity index (χ1n) is 6.74. The lowest BCUT2D eigenvalue weighted by molar-refractivity contribution is -0.117. The number of nitrogens with one attached hydrogen (secondary N) is 2. The summed E-state index contributed by atoms with van der Waals surface area (Å²) >= 11 is 5.99. The van der Waals surface area contributed by atoms with E-state index >= 15 is 0 Å². The molecule has 1 fully saturated rings. The predicted molar refractivity (Wildman–Crippen MR) is 77.4 cm³/mol. The fraction of sp³-hybridized carbons (Fsp3) is 0.571. The zero-order valence-corrected chi connectivity index (χ0v) is 12.0. The van der Waals surface area contributed by atoms with Crippen LogP contribution in [0, 0.1) is 0 Å². The summed E-state index contributed by atoms with van der Waals surface area (Å²) in [7, 11) is 1.94. The van der Waals surface area contributed by atoms with Crippen molar-refractivity contribution in [3.63, 3.8) is 0 Å². The van der Waals surface area contributed by atoms with Gasteiger partial charge in [0.15, 0.2) is 5.82 Å². The molecule has 1 amide bonds. The predicted octanol–water partition coefficient (Wildman–Crippen LogP) is 2.99. The van der Waals surface area contributed by atoms with E-state index in [0.717, 1.165) is 12.8 Å². The van der Waals surface area contributed by atoms with E-state index in [1.54, 1.807) is 18.3 Å². The molecule has 0 atom stereocenters. The normalized spacial score (nSPS) is 18.0. The van der Waals surface area contributed by atoms with E-state index in [0.29, 0.717) is 17.3 Å². The molecule has 4 nitrogen and oxygen atoms in total. The molecule has 1 aromatic heterocycles. The molecule has 1 aliphatic rings. The van der Waals surface area contributed by atoms with E-state index < -0.39 is 0 Å². The quantitative estimate of drug-likeness (QED) is 0.892. The van der Waals surface area contributed by atoms with Gasteiger partial charge in [-0.15, -0.1) is 0 Å². The molecule has 0 unspecified atom stereocenters. The van der Waals surface area contributed by atoms with Crippen LogP contribution in [0.25, 0.3) is 0 Å². The fourth-order valence-corrected chi connectivity index (χ4v) is 2.87. The number of halogens is 1. The van der Waals surface area contributed by atoms with E-state index in [4.69, 9.17) is 11.6 Å². The highest BCUT2D eigenvalue weighted by Gasteiger charge is 2.32. The van der Waals surface area contributed by atoms with Gasteiger partial charge in [0, 0.05) is 18.2 Å². The number of hydrogen-bond donors (Lipinski definition) is 2. The van der Waals surface area contributed by atoms with Gasteiger partial charge < -0.3 is 10.6 Å². The summed E-state index contributed by atoms with van der Waals surface area (Å²) in [5.74, 6) is 0.410. The molecule has 104 valence electrons. The van der Waals surface area contributed by atoms with Crippen LogP contribution in [0.5, 0.6) is 0 Å². The third-order valence-electron chi connectivity index (χ3n) is 3.86. The molecule has 0 bridgehead atoms. The van der Waals surface area contributed by atoms with Crippen LogP contribution in [0.1, 0.15) is 38.5 Å². The van der Waals surface area contributed by atoms with Crippen molar-refractivity contribution in [3.05, 3.63) is 23.4 Å². The zero-order valence-electron chi connectivity index (χ0n) is 11.2. The summed E-state index contributed by atoms with van der Waals surface area (Å²) in [5, 5.41) is 6.60. The zero-order chi connectivity index (χ0) is 13.7. The van der Waals surface area contributed by atoms with Crippen LogP contribution in [-0.4, -0.2) is 23.5 Å². The van der Waals surface area contributed by atoms with Crippen LogP contribution in [0.2, 0.25) is 5.02 Å². The summed E-state index contributed by atoms with van der Waals surface area (Å²) in [5.41, 5.74) is -0.0659. The van der Waals surface area contributed by atoms with Crippen LogP contribution in [0.15, 0.2) is 18.3 Å². The van der Waals surface area contributed by atoms with Crippen molar-refractivity contribution in [3.8, 4) is 0 Å². The van der Waals surface area contributed by atoms with Gasteiger partial charge >= 0.3 is 0 Å². The molecule has 0 aliphatic heterocycles. The molecular formula is C14H20ClN3O. The fourth-order valence-electron chi connectivity index (χ4n) is 2.70. The lowest BCUT2D eigenvalue weighted by Gasteiger charge is -2.36. The SMILES string of the molecule is CNC1(CC(=O)Nc2ncccc2Cl)CCCCC1. The number of nitrogens with zero attached hydrogens (tertiary/aromatic N) is 1. The molecule has 5 heteroatoms. The van der Waals surface area contributed by atoms with Crippen molar-refractivity contribution >= 4 is 23.3 Å². The van der Waals surface area contributed by atoms with Crippen molar-refractivity contribution in [1.82, 2.24) is 10.3 Å². The molecule has 0 spiro atoms. The monoisotopic (exact) mass is 281 g/mol. The maximum atomic E-state index is 12.1. The molecule has 1 aromatic rings. The number of amides is 1. The molecule has 0 radical (unpaired) electrons. The minimum Gasteiger partial charge on any atom is -0.314 e. The van der Waals surface area contributed by atoms with Gasteiger partial charge in [0.05, 0.1) is 5.02 Å². The maximum Gasteiger partial charge on any atom is 0.227 e. The van der Waals surface area contributed by atoms with Crippen molar-refractivity contribution < 1.29 is 4.79 Å². The Morgan fingerprint density at radius 2 is 2.16 bits per heavy atom. The average Bonchev–Trinajstić information content (AvgIpc) is 2.42. The van der Waals surface area contributed by atoms with Gasteiger partial charge in [0.25, 0.3) is 0 Å². The molecule has 0 aromatic carbocycles. The standard InChI is InChI=1S/C14H20ClN3O/c1-16-14(7-3-2-4-8-14)10-12(19)18-13-11(15)6-5-9-17-13/h5-6,9,16H,2-4,7-8,10H2,1H3,(H,17,18,19). The number of carbonyl (C=O) groups excluding carboxylic acids is 1. The van der Waals surface area contributed by atoms with Gasteiger partial charge in [-0.1, -0.05) is 30.9 Å². The lowest BCUT2D eigenvalue weighted by atomic mass is 9.79. The second-order valence-corrected chi connectivity index (χ2v) is 5.56. The molecular weight excluding hydrogens is 262 g/mol. The molecule has 2 rings (SSSR count). The summed E-state index contributed by atoms with van der Waals surface area (Å²) in [4.78, 5) is 16.2. The van der Waals surface area contributed by atoms with Gasteiger partial charge in [-0.05, 0) is 32.0 Å². The van der Waals surface area contributed by atoms with Crippen molar-refractivity contribution in [2.24, 2.45) is 0 Å². The Morgan fingerprint density at radius 3 is 2.79 bits per heavy atom. The Balaban J connectivity index is 1.98. The van der Waals surface area contributed by atoms with Crippen molar-refractivity contribution in [1.29, 1.82) is 0 Å². The molecule has 2 N–H and O–H groups in total. The van der Waals surface area contributed by atoms with E-state index in [1.165, 1.54) is 19.3 Å². The topological polar surface area (TPSA) is 54.0 Å². The van der Waals surface area contributed by atoms with Crippen LogP contribution in [0.4, 0.5) is 5.82 Å². The Hall–Kier alpha value is -1.13. The third kappa shape index (κ3) is 3.67. The van der Waals surface area contributed by atoms with Gasteiger partial charge in [-0.25, -0.2) is 4.98 Å². The Bertz CT molecular complexity index is 444. The minimum atomic E-state index is -0.0659. The first-order valence-corrected chi connectivity index (χ1v) is 7.12. The second kappa shape index (κ2) is 6.35. The average molecular weight is 282 g/mol. The number of rotatable bonds is 4. The number of anilines is 1. The van der Waals surface area contributed by atoms with Crippen molar-refractivity contribution in [2.75, 3.05) is 12.4 Å². The molecule has 1 aliphatic carbocycles.